The molecule has 2 heterocycles. The van der Waals surface area contributed by atoms with Crippen molar-refractivity contribution in [1.29, 1.82) is 0 Å². The SMILES string of the molecule is Cc1c[nH]c2[n+]1CCC2.[I-]. The molecule has 1 N–H and O–H groups in total. The third-order valence-corrected chi connectivity index (χ3v) is 1.99. The highest BCUT2D eigenvalue weighted by molar-refractivity contribution is 4.90. The number of aromatic nitrogens is 2. The van der Waals surface area contributed by atoms with E-state index in [0.29, 0.717) is 0 Å². The molecule has 0 amide bonds. The maximum Gasteiger partial charge on any atom is 0.254 e. The van der Waals surface area contributed by atoms with Gasteiger partial charge < -0.3 is 24.0 Å². The lowest BCUT2D eigenvalue weighted by atomic mass is 10.4. The Morgan fingerprint density at radius 1 is 1.60 bits per heavy atom. The fourth-order valence-corrected chi connectivity index (χ4v) is 1.48. The summed E-state index contributed by atoms with van der Waals surface area (Å²) in [5.74, 6) is 1.40. The maximum atomic E-state index is 3.25. The van der Waals surface area contributed by atoms with E-state index in [4.69, 9.17) is 0 Å². The summed E-state index contributed by atoms with van der Waals surface area (Å²) >= 11 is 0. The van der Waals surface area contributed by atoms with Crippen molar-refractivity contribution >= 4 is 0 Å². The van der Waals surface area contributed by atoms with E-state index < -0.39 is 0 Å². The monoisotopic (exact) mass is 250 g/mol. The summed E-state index contributed by atoms with van der Waals surface area (Å²) in [5.41, 5.74) is 1.36. The quantitative estimate of drug-likeness (QED) is 0.390. The number of nitrogens with one attached hydrogen (secondary N) is 1. The van der Waals surface area contributed by atoms with Crippen LogP contribution in [0.15, 0.2) is 6.20 Å². The molecule has 0 bridgehead atoms. The van der Waals surface area contributed by atoms with Crippen molar-refractivity contribution in [2.75, 3.05) is 0 Å². The molecule has 0 atom stereocenters. The number of halogens is 1. The number of hydrogen-bond acceptors (Lipinski definition) is 0. The van der Waals surface area contributed by atoms with E-state index in [9.17, 15) is 0 Å². The standard InChI is InChI=1S/C7H10N2.HI/c1-6-5-8-7-3-2-4-9(6)7;/h5H,2-4H2,1H3;1H. The minimum Gasteiger partial charge on any atom is -1.00 e. The summed E-state index contributed by atoms with van der Waals surface area (Å²) < 4.78 is 2.35. The summed E-state index contributed by atoms with van der Waals surface area (Å²) in [4.78, 5) is 3.25. The number of imidazole rings is 1. The number of rotatable bonds is 0. The van der Waals surface area contributed by atoms with Gasteiger partial charge in [0.15, 0.2) is 0 Å². The Bertz CT molecular complexity index is 230. The lowest BCUT2D eigenvalue weighted by Crippen LogP contribution is -3.00. The topological polar surface area (TPSA) is 19.7 Å². The molecule has 1 aromatic rings. The minimum atomic E-state index is 0. The summed E-state index contributed by atoms with van der Waals surface area (Å²) in [6, 6.07) is 0. The molecule has 0 aromatic carbocycles. The van der Waals surface area contributed by atoms with Crippen LogP contribution in [-0.2, 0) is 13.0 Å². The van der Waals surface area contributed by atoms with Crippen molar-refractivity contribution in [2.45, 2.75) is 26.3 Å². The molecule has 2 nitrogen and oxygen atoms in total. The molecule has 0 unspecified atom stereocenters. The van der Waals surface area contributed by atoms with Crippen LogP contribution in [0.25, 0.3) is 0 Å². The van der Waals surface area contributed by atoms with Gasteiger partial charge in [0.2, 0.25) is 0 Å². The van der Waals surface area contributed by atoms with Gasteiger partial charge in [-0.1, -0.05) is 0 Å². The molecular weight excluding hydrogens is 239 g/mol. The van der Waals surface area contributed by atoms with Crippen molar-refractivity contribution in [2.24, 2.45) is 0 Å². The lowest BCUT2D eigenvalue weighted by molar-refractivity contribution is -0.695. The second-order valence-corrected chi connectivity index (χ2v) is 2.63. The molecule has 2 rings (SSSR count). The summed E-state index contributed by atoms with van der Waals surface area (Å²) in [7, 11) is 0. The Morgan fingerprint density at radius 3 is 3.10 bits per heavy atom. The minimum absolute atomic E-state index is 0. The lowest BCUT2D eigenvalue weighted by Gasteiger charge is -1.86. The van der Waals surface area contributed by atoms with Gasteiger partial charge in [-0.05, 0) is 6.42 Å². The molecule has 0 aliphatic carbocycles. The second-order valence-electron chi connectivity index (χ2n) is 2.63. The van der Waals surface area contributed by atoms with Crippen LogP contribution in [0.3, 0.4) is 0 Å². The smallest absolute Gasteiger partial charge is 0.254 e. The normalized spacial score (nSPS) is 14.5. The largest absolute Gasteiger partial charge is 1.00 e. The van der Waals surface area contributed by atoms with Gasteiger partial charge in [0.25, 0.3) is 5.82 Å². The molecule has 0 saturated carbocycles. The molecule has 1 aromatic heterocycles. The van der Waals surface area contributed by atoms with Crippen molar-refractivity contribution in [3.8, 4) is 0 Å². The van der Waals surface area contributed by atoms with Gasteiger partial charge in [-0.2, -0.15) is 0 Å². The number of aromatic amines is 1. The van der Waals surface area contributed by atoms with E-state index in [1.165, 1.54) is 30.9 Å². The van der Waals surface area contributed by atoms with E-state index >= 15 is 0 Å². The zero-order valence-electron chi connectivity index (χ0n) is 6.02. The number of H-pyrrole nitrogens is 1. The van der Waals surface area contributed by atoms with Gasteiger partial charge in [0, 0.05) is 6.92 Å². The van der Waals surface area contributed by atoms with E-state index in [0.717, 1.165) is 0 Å². The highest BCUT2D eigenvalue weighted by Gasteiger charge is 2.19. The fourth-order valence-electron chi connectivity index (χ4n) is 1.48. The van der Waals surface area contributed by atoms with Crippen LogP contribution in [0.4, 0.5) is 0 Å². The first kappa shape index (κ1) is 8.04. The van der Waals surface area contributed by atoms with Crippen LogP contribution < -0.4 is 28.5 Å². The molecule has 1 aliphatic rings. The summed E-state index contributed by atoms with van der Waals surface area (Å²) in [6.07, 6.45) is 4.62. The molecule has 0 spiro atoms. The Kier molecular flexibility index (Phi) is 2.33. The molecule has 0 radical (unpaired) electrons. The van der Waals surface area contributed by atoms with Gasteiger partial charge in [-0.3, -0.25) is 0 Å². The summed E-state index contributed by atoms with van der Waals surface area (Å²) in [5, 5.41) is 0. The number of fused-ring (bicyclic) bond motifs is 1. The van der Waals surface area contributed by atoms with Crippen LogP contribution in [0.2, 0.25) is 0 Å². The van der Waals surface area contributed by atoms with Crippen LogP contribution >= 0.6 is 0 Å². The zero-order chi connectivity index (χ0) is 6.27. The molecular formula is C7H11IN2. The van der Waals surface area contributed by atoms with Crippen molar-refractivity contribution in [1.82, 2.24) is 4.98 Å². The highest BCUT2D eigenvalue weighted by Crippen LogP contribution is 2.04. The molecule has 0 fully saturated rings. The Morgan fingerprint density at radius 2 is 2.40 bits per heavy atom. The molecule has 1 aliphatic heterocycles. The average Bonchev–Trinajstić information content (AvgIpc) is 2.35. The molecule has 56 valence electrons. The fraction of sp³-hybridized carbons (Fsp3) is 0.571. The third kappa shape index (κ3) is 1.07. The third-order valence-electron chi connectivity index (χ3n) is 1.99. The number of aryl methyl sites for hydroxylation is 2. The van der Waals surface area contributed by atoms with Gasteiger partial charge in [-0.25, -0.2) is 9.55 Å². The van der Waals surface area contributed by atoms with E-state index in [-0.39, 0.29) is 24.0 Å². The first-order valence-corrected chi connectivity index (χ1v) is 3.44. The highest BCUT2D eigenvalue weighted by atomic mass is 127. The van der Waals surface area contributed by atoms with Crippen molar-refractivity contribution in [3.63, 3.8) is 0 Å². The molecule has 0 saturated heterocycles. The van der Waals surface area contributed by atoms with Gasteiger partial charge in [0.05, 0.1) is 13.0 Å². The van der Waals surface area contributed by atoms with Crippen molar-refractivity contribution in [3.05, 3.63) is 17.7 Å². The Balaban J connectivity index is 0.000000500. The zero-order valence-corrected chi connectivity index (χ0v) is 8.18. The van der Waals surface area contributed by atoms with Crippen LogP contribution in [0.1, 0.15) is 17.9 Å². The predicted molar refractivity (Wildman–Crippen MR) is 34.0 cm³/mol. The summed E-state index contributed by atoms with van der Waals surface area (Å²) in [6.45, 7) is 3.36. The average molecular weight is 250 g/mol. The molecule has 10 heavy (non-hydrogen) atoms. The predicted octanol–water partition coefficient (Wildman–Crippen LogP) is -2.44. The molecule has 3 heteroatoms. The first-order valence-electron chi connectivity index (χ1n) is 3.44. The van der Waals surface area contributed by atoms with Crippen LogP contribution in [0.5, 0.6) is 0 Å². The number of hydrogen-bond donors (Lipinski definition) is 1. The van der Waals surface area contributed by atoms with Gasteiger partial charge >= 0.3 is 0 Å². The van der Waals surface area contributed by atoms with E-state index in [1.807, 2.05) is 0 Å². The van der Waals surface area contributed by atoms with E-state index in [1.54, 1.807) is 0 Å². The Labute approximate surface area is 77.7 Å². The first-order chi connectivity index (χ1) is 4.38. The van der Waals surface area contributed by atoms with Gasteiger partial charge in [-0.15, -0.1) is 0 Å². The Hall–Kier alpha value is -0.0600. The van der Waals surface area contributed by atoms with Crippen molar-refractivity contribution < 1.29 is 28.5 Å². The number of nitrogens with zero attached hydrogens (tertiary/aromatic N) is 1. The van der Waals surface area contributed by atoms with Crippen LogP contribution in [-0.4, -0.2) is 4.98 Å². The maximum absolute atomic E-state index is 3.25. The van der Waals surface area contributed by atoms with Crippen LogP contribution in [0, 0.1) is 6.92 Å². The van der Waals surface area contributed by atoms with E-state index in [2.05, 4.69) is 22.7 Å². The van der Waals surface area contributed by atoms with Gasteiger partial charge in [0.1, 0.15) is 11.9 Å². The second kappa shape index (κ2) is 2.90.